The Kier molecular flexibility index (Phi) is 6.58. The molecule has 0 aliphatic carbocycles. The largest absolute Gasteiger partial charge is 0.316 e. The molecular formula is C23H26ClN3O3S2. The minimum absolute atomic E-state index is 0.205. The summed E-state index contributed by atoms with van der Waals surface area (Å²) in [5, 5.41) is 0.633. The molecule has 1 amide bonds. The van der Waals surface area contributed by atoms with E-state index in [1.807, 2.05) is 30.5 Å². The number of carbonyl (C=O) groups is 1. The molecule has 1 aliphatic rings. The maximum Gasteiger partial charge on any atom is 0.279 e. The van der Waals surface area contributed by atoms with E-state index in [1.54, 1.807) is 0 Å². The highest BCUT2D eigenvalue weighted by molar-refractivity contribution is 7.89. The van der Waals surface area contributed by atoms with Gasteiger partial charge in [-0.2, -0.15) is 9.30 Å². The highest BCUT2D eigenvalue weighted by atomic mass is 35.5. The van der Waals surface area contributed by atoms with Crippen LogP contribution in [0, 0.1) is 12.8 Å². The minimum Gasteiger partial charge on any atom is -0.316 e. The van der Waals surface area contributed by atoms with Gasteiger partial charge in [-0.1, -0.05) is 35.9 Å². The zero-order valence-corrected chi connectivity index (χ0v) is 20.7. The van der Waals surface area contributed by atoms with Crippen molar-refractivity contribution in [3.05, 3.63) is 57.3 Å². The molecule has 0 bridgehead atoms. The number of halogens is 1. The van der Waals surface area contributed by atoms with Crippen LogP contribution in [0.2, 0.25) is 5.02 Å². The molecule has 9 heteroatoms. The molecule has 0 radical (unpaired) electrons. The number of aromatic nitrogens is 1. The van der Waals surface area contributed by atoms with Gasteiger partial charge in [0.2, 0.25) is 10.0 Å². The number of fused-ring (bicyclic) bond motifs is 1. The summed E-state index contributed by atoms with van der Waals surface area (Å²) in [6.45, 7) is 7.79. The Morgan fingerprint density at radius 3 is 2.59 bits per heavy atom. The van der Waals surface area contributed by atoms with Crippen molar-refractivity contribution < 1.29 is 13.2 Å². The van der Waals surface area contributed by atoms with E-state index in [4.69, 9.17) is 11.6 Å². The second-order valence-electron chi connectivity index (χ2n) is 8.22. The van der Waals surface area contributed by atoms with Crippen LogP contribution in [0.3, 0.4) is 0 Å². The van der Waals surface area contributed by atoms with Crippen LogP contribution in [0.5, 0.6) is 0 Å². The van der Waals surface area contributed by atoms with Gasteiger partial charge in [-0.3, -0.25) is 4.79 Å². The number of benzene rings is 2. The first-order chi connectivity index (χ1) is 15.2. The third kappa shape index (κ3) is 4.29. The molecule has 1 unspecified atom stereocenters. The lowest BCUT2D eigenvalue weighted by molar-refractivity contribution is 0.0997. The molecule has 170 valence electrons. The molecule has 0 N–H and O–H groups in total. The first-order valence-electron chi connectivity index (χ1n) is 10.7. The lowest BCUT2D eigenvalue weighted by Crippen LogP contribution is -2.39. The summed E-state index contributed by atoms with van der Waals surface area (Å²) < 4.78 is 30.3. The monoisotopic (exact) mass is 491 g/mol. The molecule has 0 saturated carbocycles. The van der Waals surface area contributed by atoms with Gasteiger partial charge in [0.05, 0.1) is 20.1 Å². The fourth-order valence-electron chi connectivity index (χ4n) is 4.13. The number of thiazole rings is 1. The van der Waals surface area contributed by atoms with Crippen molar-refractivity contribution in [2.75, 3.05) is 13.1 Å². The average Bonchev–Trinajstić information content (AvgIpc) is 3.15. The molecule has 4 rings (SSSR count). The van der Waals surface area contributed by atoms with Crippen molar-refractivity contribution in [2.24, 2.45) is 10.9 Å². The lowest BCUT2D eigenvalue weighted by atomic mass is 10.0. The molecule has 2 heterocycles. The summed E-state index contributed by atoms with van der Waals surface area (Å²) in [4.78, 5) is 18.0. The van der Waals surface area contributed by atoms with Crippen LogP contribution in [-0.2, 0) is 16.6 Å². The second kappa shape index (κ2) is 9.09. The number of rotatable bonds is 4. The van der Waals surface area contributed by atoms with Crippen molar-refractivity contribution in [1.82, 2.24) is 8.87 Å². The van der Waals surface area contributed by atoms with Crippen molar-refractivity contribution in [2.45, 2.75) is 45.1 Å². The maximum atomic E-state index is 13.0. The Bertz CT molecular complexity index is 1340. The summed E-state index contributed by atoms with van der Waals surface area (Å²) in [5.41, 5.74) is 2.39. The summed E-state index contributed by atoms with van der Waals surface area (Å²) in [6, 6.07) is 9.87. The van der Waals surface area contributed by atoms with E-state index in [0.29, 0.717) is 40.9 Å². The van der Waals surface area contributed by atoms with E-state index in [1.165, 1.54) is 39.9 Å². The topological polar surface area (TPSA) is 71.7 Å². The molecule has 2 aromatic carbocycles. The molecule has 1 aliphatic heterocycles. The van der Waals surface area contributed by atoms with Crippen LogP contribution in [0.25, 0.3) is 10.2 Å². The van der Waals surface area contributed by atoms with Gasteiger partial charge >= 0.3 is 0 Å². The SMILES string of the molecule is CCn1c(=NC(=O)c2ccc(S(=O)(=O)N3CCCC(C)C3)cc2)sc2c(Cl)ccc(C)c21. The van der Waals surface area contributed by atoms with Gasteiger partial charge in [-0.05, 0) is 68.5 Å². The van der Waals surface area contributed by atoms with Crippen LogP contribution in [0.1, 0.15) is 42.6 Å². The standard InChI is InChI=1S/C23H26ClN3O3S2/c1-4-27-20-16(3)7-12-19(24)21(20)31-23(27)25-22(28)17-8-10-18(11-9-17)32(29,30)26-13-5-6-15(2)14-26/h7-12,15H,4-6,13-14H2,1-3H3. The van der Waals surface area contributed by atoms with Crippen molar-refractivity contribution in [3.63, 3.8) is 0 Å². The zero-order valence-electron chi connectivity index (χ0n) is 18.3. The maximum absolute atomic E-state index is 13.0. The Labute approximate surface area is 197 Å². The van der Waals surface area contributed by atoms with Gasteiger partial charge in [0, 0.05) is 25.2 Å². The second-order valence-corrected chi connectivity index (χ2v) is 11.5. The van der Waals surface area contributed by atoms with E-state index in [0.717, 1.165) is 28.6 Å². The molecule has 32 heavy (non-hydrogen) atoms. The highest BCUT2D eigenvalue weighted by Gasteiger charge is 2.28. The van der Waals surface area contributed by atoms with E-state index in [9.17, 15) is 13.2 Å². The summed E-state index contributed by atoms with van der Waals surface area (Å²) in [5.74, 6) is -0.0649. The van der Waals surface area contributed by atoms with Crippen LogP contribution in [-0.4, -0.2) is 36.3 Å². The van der Waals surface area contributed by atoms with Crippen molar-refractivity contribution in [3.8, 4) is 0 Å². The summed E-state index contributed by atoms with van der Waals surface area (Å²) in [6.07, 6.45) is 1.91. The minimum atomic E-state index is -3.56. The Morgan fingerprint density at radius 1 is 1.22 bits per heavy atom. The fourth-order valence-corrected chi connectivity index (χ4v) is 7.17. The quantitative estimate of drug-likeness (QED) is 0.524. The van der Waals surface area contributed by atoms with Gasteiger partial charge in [-0.25, -0.2) is 8.42 Å². The van der Waals surface area contributed by atoms with E-state index >= 15 is 0 Å². The molecule has 3 aromatic rings. The first-order valence-corrected chi connectivity index (χ1v) is 13.3. The first kappa shape index (κ1) is 23.2. The summed E-state index contributed by atoms with van der Waals surface area (Å²) >= 11 is 7.75. The number of hydrogen-bond donors (Lipinski definition) is 0. The number of aryl methyl sites for hydroxylation is 2. The number of amides is 1. The lowest BCUT2D eigenvalue weighted by Gasteiger charge is -2.30. The van der Waals surface area contributed by atoms with Crippen molar-refractivity contribution in [1.29, 1.82) is 0 Å². The Hall–Kier alpha value is -2.00. The Balaban J connectivity index is 1.66. The third-order valence-corrected chi connectivity index (χ3v) is 9.27. The molecule has 1 atom stereocenters. The Morgan fingerprint density at radius 2 is 1.94 bits per heavy atom. The van der Waals surface area contributed by atoms with Crippen LogP contribution in [0.15, 0.2) is 46.3 Å². The number of hydrogen-bond acceptors (Lipinski definition) is 4. The van der Waals surface area contributed by atoms with Crippen LogP contribution in [0.4, 0.5) is 0 Å². The smallest absolute Gasteiger partial charge is 0.279 e. The van der Waals surface area contributed by atoms with E-state index < -0.39 is 15.9 Å². The molecule has 1 saturated heterocycles. The fraction of sp³-hybridized carbons (Fsp3) is 0.391. The normalized spacial score (nSPS) is 18.4. The predicted molar refractivity (Wildman–Crippen MR) is 129 cm³/mol. The number of piperidine rings is 1. The molecular weight excluding hydrogens is 466 g/mol. The molecule has 1 fully saturated rings. The van der Waals surface area contributed by atoms with Gasteiger partial charge < -0.3 is 4.57 Å². The average molecular weight is 492 g/mol. The van der Waals surface area contributed by atoms with Crippen LogP contribution < -0.4 is 4.80 Å². The van der Waals surface area contributed by atoms with E-state index in [-0.39, 0.29) is 4.90 Å². The summed E-state index contributed by atoms with van der Waals surface area (Å²) in [7, 11) is -3.56. The third-order valence-electron chi connectivity index (χ3n) is 5.85. The molecule has 6 nitrogen and oxygen atoms in total. The molecule has 0 spiro atoms. The zero-order chi connectivity index (χ0) is 23.0. The van der Waals surface area contributed by atoms with Gasteiger partial charge in [-0.15, -0.1) is 0 Å². The number of sulfonamides is 1. The predicted octanol–water partition coefficient (Wildman–Crippen LogP) is 4.85. The van der Waals surface area contributed by atoms with Crippen LogP contribution >= 0.6 is 22.9 Å². The van der Waals surface area contributed by atoms with Gasteiger partial charge in [0.25, 0.3) is 5.91 Å². The number of nitrogens with zero attached hydrogens (tertiary/aromatic N) is 3. The number of carbonyl (C=O) groups excluding carboxylic acids is 1. The van der Waals surface area contributed by atoms with Gasteiger partial charge in [0.1, 0.15) is 0 Å². The highest BCUT2D eigenvalue weighted by Crippen LogP contribution is 2.29. The van der Waals surface area contributed by atoms with E-state index in [2.05, 4.69) is 11.9 Å². The van der Waals surface area contributed by atoms with Gasteiger partial charge in [0.15, 0.2) is 4.80 Å². The molecule has 1 aromatic heterocycles. The van der Waals surface area contributed by atoms with Crippen molar-refractivity contribution >= 4 is 49.1 Å².